The van der Waals surface area contributed by atoms with Gasteiger partial charge in [0.15, 0.2) is 16.6 Å². The van der Waals surface area contributed by atoms with E-state index in [2.05, 4.69) is 47.1 Å². The van der Waals surface area contributed by atoms with E-state index in [4.69, 9.17) is 9.97 Å². The summed E-state index contributed by atoms with van der Waals surface area (Å²) in [5.41, 5.74) is 4.14. The zero-order chi connectivity index (χ0) is 24.4. The van der Waals surface area contributed by atoms with Crippen LogP contribution in [0, 0.1) is 18.3 Å². The van der Waals surface area contributed by atoms with Gasteiger partial charge in [0.1, 0.15) is 16.4 Å². The molecule has 1 N–H and O–H groups in total. The van der Waals surface area contributed by atoms with Crippen LogP contribution in [0.4, 0.5) is 5.13 Å². The summed E-state index contributed by atoms with van der Waals surface area (Å²) < 4.78 is 1.88. The Bertz CT molecular complexity index is 1460. The van der Waals surface area contributed by atoms with E-state index < -0.39 is 0 Å². The lowest BCUT2D eigenvalue weighted by Gasteiger charge is -2.47. The summed E-state index contributed by atoms with van der Waals surface area (Å²) >= 11 is 1.62. The maximum Gasteiger partial charge on any atom is 0.187 e. The van der Waals surface area contributed by atoms with Crippen LogP contribution in [0.3, 0.4) is 0 Å². The average molecular weight is 487 g/mol. The molecule has 0 aliphatic carbocycles. The molecule has 6 rings (SSSR count). The first-order valence-corrected chi connectivity index (χ1v) is 13.2. The summed E-state index contributed by atoms with van der Waals surface area (Å²) in [7, 11) is 2.18. The fourth-order valence-electron chi connectivity index (χ4n) is 6.13. The third kappa shape index (κ3) is 3.58. The molecule has 180 valence electrons. The molecule has 0 spiro atoms. The molecule has 4 aromatic rings. The Hall–Kier alpha value is -3.09. The zero-order valence-electron chi connectivity index (χ0n) is 20.7. The number of imidazole rings is 1. The van der Waals surface area contributed by atoms with Crippen molar-refractivity contribution in [1.29, 1.82) is 5.26 Å². The maximum absolute atomic E-state index is 9.63. The van der Waals surface area contributed by atoms with Crippen LogP contribution >= 0.6 is 11.3 Å². The fraction of sp³-hybridized carbons (Fsp3) is 0.500. The molecule has 0 radical (unpaired) electrons. The Kier molecular flexibility index (Phi) is 5.09. The first-order chi connectivity index (χ1) is 16.9. The molecular formula is C26H30N8S. The van der Waals surface area contributed by atoms with Crippen LogP contribution in [-0.4, -0.2) is 48.5 Å². The SMILES string of the molecule is CC[C@]12CC[C@](CC)(C[C@H](N(C)c3nc4cnc(-c5cc(C#N)c6nc(C)cn6c5)nc4s3)C1)N2. The van der Waals surface area contributed by atoms with Gasteiger partial charge in [-0.05, 0) is 51.5 Å². The first kappa shape index (κ1) is 22.4. The second kappa shape index (κ2) is 7.97. The number of nitrogens with zero attached hydrogens (tertiary/aromatic N) is 7. The minimum absolute atomic E-state index is 0.250. The number of piperidine rings is 1. The number of thiazole rings is 1. The van der Waals surface area contributed by atoms with Crippen molar-refractivity contribution in [1.82, 2.24) is 29.7 Å². The van der Waals surface area contributed by atoms with Gasteiger partial charge < -0.3 is 14.6 Å². The van der Waals surface area contributed by atoms with Crippen LogP contribution in [0.5, 0.6) is 0 Å². The molecule has 0 aromatic carbocycles. The Labute approximate surface area is 209 Å². The van der Waals surface area contributed by atoms with E-state index in [-0.39, 0.29) is 11.1 Å². The molecule has 2 saturated heterocycles. The van der Waals surface area contributed by atoms with Crippen molar-refractivity contribution in [2.45, 2.75) is 76.4 Å². The van der Waals surface area contributed by atoms with E-state index in [1.807, 2.05) is 29.8 Å². The van der Waals surface area contributed by atoms with Gasteiger partial charge in [-0.3, -0.25) is 0 Å². The van der Waals surface area contributed by atoms with Crippen LogP contribution < -0.4 is 10.2 Å². The van der Waals surface area contributed by atoms with Crippen LogP contribution in [-0.2, 0) is 0 Å². The zero-order valence-corrected chi connectivity index (χ0v) is 21.5. The van der Waals surface area contributed by atoms with Crippen LogP contribution in [0.25, 0.3) is 27.4 Å². The molecule has 2 aliphatic heterocycles. The van der Waals surface area contributed by atoms with Crippen molar-refractivity contribution in [3.05, 3.63) is 35.9 Å². The van der Waals surface area contributed by atoms with Gasteiger partial charge >= 0.3 is 0 Å². The highest BCUT2D eigenvalue weighted by Crippen LogP contribution is 2.47. The number of anilines is 1. The van der Waals surface area contributed by atoms with Crippen molar-refractivity contribution < 1.29 is 0 Å². The minimum atomic E-state index is 0.250. The first-order valence-electron chi connectivity index (χ1n) is 12.4. The molecule has 9 heteroatoms. The van der Waals surface area contributed by atoms with Gasteiger partial charge in [0.25, 0.3) is 0 Å². The van der Waals surface area contributed by atoms with Crippen molar-refractivity contribution in [2.75, 3.05) is 11.9 Å². The van der Waals surface area contributed by atoms with Gasteiger partial charge in [-0.1, -0.05) is 25.2 Å². The highest BCUT2D eigenvalue weighted by atomic mass is 32.1. The van der Waals surface area contributed by atoms with Crippen LogP contribution in [0.1, 0.15) is 63.6 Å². The number of nitriles is 1. The van der Waals surface area contributed by atoms with Gasteiger partial charge in [-0.2, -0.15) is 5.26 Å². The second-order valence-corrected chi connectivity index (χ2v) is 11.3. The topological polar surface area (TPSA) is 95.0 Å². The van der Waals surface area contributed by atoms with Crippen molar-refractivity contribution in [3.8, 4) is 17.5 Å². The Balaban J connectivity index is 1.33. The molecule has 2 aliphatic rings. The number of rotatable bonds is 5. The van der Waals surface area contributed by atoms with E-state index in [9.17, 15) is 5.26 Å². The van der Waals surface area contributed by atoms with Crippen molar-refractivity contribution in [3.63, 3.8) is 0 Å². The lowest BCUT2D eigenvalue weighted by atomic mass is 9.80. The molecular weight excluding hydrogens is 456 g/mol. The fourth-order valence-corrected chi connectivity index (χ4v) is 7.08. The van der Waals surface area contributed by atoms with E-state index in [0.29, 0.717) is 23.1 Å². The van der Waals surface area contributed by atoms with E-state index in [1.54, 1.807) is 17.5 Å². The molecule has 0 amide bonds. The Morgan fingerprint density at radius 1 is 1.17 bits per heavy atom. The quantitative estimate of drug-likeness (QED) is 0.430. The van der Waals surface area contributed by atoms with Crippen LogP contribution in [0.2, 0.25) is 0 Å². The number of nitrogens with one attached hydrogen (secondary N) is 1. The van der Waals surface area contributed by atoms with Gasteiger partial charge in [0, 0.05) is 42.1 Å². The molecule has 0 saturated carbocycles. The number of aryl methyl sites for hydroxylation is 1. The number of aromatic nitrogens is 5. The Morgan fingerprint density at radius 3 is 2.60 bits per heavy atom. The minimum Gasteiger partial charge on any atom is -0.348 e. The lowest BCUT2D eigenvalue weighted by Crippen LogP contribution is -2.60. The van der Waals surface area contributed by atoms with Gasteiger partial charge in [-0.25, -0.2) is 19.9 Å². The number of pyridine rings is 1. The molecule has 35 heavy (non-hydrogen) atoms. The van der Waals surface area contributed by atoms with Crippen molar-refractivity contribution >= 4 is 32.5 Å². The number of hydrogen-bond acceptors (Lipinski definition) is 8. The summed E-state index contributed by atoms with van der Waals surface area (Å²) in [6, 6.07) is 4.52. The van der Waals surface area contributed by atoms with Crippen molar-refractivity contribution in [2.24, 2.45) is 0 Å². The normalized spacial score (nSPS) is 25.9. The lowest BCUT2D eigenvalue weighted by molar-refractivity contribution is 0.172. The number of fused-ring (bicyclic) bond motifs is 4. The molecule has 6 heterocycles. The van der Waals surface area contributed by atoms with Gasteiger partial charge in [-0.15, -0.1) is 0 Å². The monoisotopic (exact) mass is 486 g/mol. The summed E-state index contributed by atoms with van der Waals surface area (Å²) in [5, 5.41) is 14.7. The summed E-state index contributed by atoms with van der Waals surface area (Å²) in [4.78, 5) is 22.0. The molecule has 8 nitrogen and oxygen atoms in total. The third-order valence-electron chi connectivity index (χ3n) is 8.26. The molecule has 2 bridgehead atoms. The smallest absolute Gasteiger partial charge is 0.187 e. The average Bonchev–Trinajstić information content (AvgIpc) is 3.55. The summed E-state index contributed by atoms with van der Waals surface area (Å²) in [6.07, 6.45) is 12.8. The standard InChI is InChI=1S/C26H30N8S/c1-5-25-7-8-26(6-2,32-25)11-19(10-25)33(4)24-30-20-13-28-21(31-23(20)35-24)18-9-17(12-27)22-29-16(3)14-34(22)15-18/h9,13-15,19,32H,5-8,10-11H2,1-4H3/t19-,25+,26-. The summed E-state index contributed by atoms with van der Waals surface area (Å²) in [6.45, 7) is 6.55. The van der Waals surface area contributed by atoms with Gasteiger partial charge in [0.2, 0.25) is 0 Å². The Morgan fingerprint density at radius 2 is 1.91 bits per heavy atom. The second-order valence-electron chi connectivity index (χ2n) is 10.3. The highest BCUT2D eigenvalue weighted by molar-refractivity contribution is 7.21. The number of hydrogen-bond donors (Lipinski definition) is 1. The summed E-state index contributed by atoms with van der Waals surface area (Å²) in [5.74, 6) is 0.592. The predicted molar refractivity (Wildman–Crippen MR) is 139 cm³/mol. The maximum atomic E-state index is 9.63. The molecule has 2 fully saturated rings. The molecule has 4 aromatic heterocycles. The van der Waals surface area contributed by atoms with Gasteiger partial charge in [0.05, 0.1) is 17.5 Å². The predicted octanol–water partition coefficient (Wildman–Crippen LogP) is 4.86. The molecule has 0 unspecified atom stereocenters. The molecule has 3 atom stereocenters. The van der Waals surface area contributed by atoms with E-state index in [0.717, 1.165) is 39.6 Å². The van der Waals surface area contributed by atoms with Crippen LogP contribution in [0.15, 0.2) is 24.7 Å². The van der Waals surface area contributed by atoms with E-state index in [1.165, 1.54) is 25.7 Å². The largest absolute Gasteiger partial charge is 0.348 e. The highest BCUT2D eigenvalue weighted by Gasteiger charge is 2.52. The van der Waals surface area contributed by atoms with E-state index >= 15 is 0 Å². The third-order valence-corrected chi connectivity index (χ3v) is 9.31.